The maximum atomic E-state index is 14.1. The van der Waals surface area contributed by atoms with E-state index in [2.05, 4.69) is 14.9 Å². The van der Waals surface area contributed by atoms with Crippen LogP contribution in [-0.2, 0) is 0 Å². The van der Waals surface area contributed by atoms with Gasteiger partial charge in [0.15, 0.2) is 0 Å². The van der Waals surface area contributed by atoms with Crippen LogP contribution in [0.3, 0.4) is 0 Å². The Bertz CT molecular complexity index is 609. The van der Waals surface area contributed by atoms with Crippen LogP contribution < -0.4 is 4.90 Å². The molecule has 0 N–H and O–H groups in total. The fraction of sp³-hybridized carbons (Fsp3) is 0.385. The molecule has 2 aromatic rings. The second-order valence-corrected chi connectivity index (χ2v) is 4.94. The molecule has 94 valence electrons. The standard InChI is InChI=1S/C13H13ClFN3/c1-8-4-5-9(15)10-11(8)16-13(14)17-12(10)18-6-2-3-7-18/h4-5H,2-3,6-7H2,1H3. The topological polar surface area (TPSA) is 29.0 Å². The molecular weight excluding hydrogens is 253 g/mol. The quantitative estimate of drug-likeness (QED) is 0.741. The molecule has 1 saturated heterocycles. The van der Waals surface area contributed by atoms with E-state index in [-0.39, 0.29) is 11.1 Å². The van der Waals surface area contributed by atoms with Crippen molar-refractivity contribution in [2.75, 3.05) is 18.0 Å². The summed E-state index contributed by atoms with van der Waals surface area (Å²) in [6.07, 6.45) is 2.22. The van der Waals surface area contributed by atoms with Gasteiger partial charge in [-0.1, -0.05) is 6.07 Å². The minimum absolute atomic E-state index is 0.179. The van der Waals surface area contributed by atoms with Gasteiger partial charge in [0.25, 0.3) is 0 Å². The number of halogens is 2. The molecule has 0 bridgehead atoms. The predicted octanol–water partition coefficient (Wildman–Crippen LogP) is 3.33. The first kappa shape index (κ1) is 11.7. The summed E-state index contributed by atoms with van der Waals surface area (Å²) in [5.74, 6) is 0.345. The summed E-state index contributed by atoms with van der Waals surface area (Å²) in [6, 6.07) is 3.18. The number of rotatable bonds is 1. The Balaban J connectivity index is 2.32. The van der Waals surface area contributed by atoms with Crippen molar-refractivity contribution in [3.63, 3.8) is 0 Å². The zero-order valence-electron chi connectivity index (χ0n) is 10.1. The Hall–Kier alpha value is -1.42. The number of aromatic nitrogens is 2. The molecular formula is C13H13ClFN3. The fourth-order valence-electron chi connectivity index (χ4n) is 2.45. The second-order valence-electron chi connectivity index (χ2n) is 4.60. The molecule has 0 radical (unpaired) electrons. The van der Waals surface area contributed by atoms with Crippen molar-refractivity contribution in [2.24, 2.45) is 0 Å². The van der Waals surface area contributed by atoms with Gasteiger partial charge >= 0.3 is 0 Å². The lowest BCUT2D eigenvalue weighted by Crippen LogP contribution is -2.20. The molecule has 1 aromatic heterocycles. The highest BCUT2D eigenvalue weighted by Crippen LogP contribution is 2.31. The van der Waals surface area contributed by atoms with Crippen LogP contribution >= 0.6 is 11.6 Å². The van der Waals surface area contributed by atoms with Crippen LogP contribution in [0.25, 0.3) is 10.9 Å². The van der Waals surface area contributed by atoms with E-state index in [0.717, 1.165) is 31.5 Å². The summed E-state index contributed by atoms with van der Waals surface area (Å²) < 4.78 is 14.1. The van der Waals surface area contributed by atoms with Crippen LogP contribution in [0, 0.1) is 12.7 Å². The molecule has 1 aromatic carbocycles. The first-order valence-corrected chi connectivity index (χ1v) is 6.42. The van der Waals surface area contributed by atoms with Crippen molar-refractivity contribution in [1.29, 1.82) is 0 Å². The third-order valence-corrected chi connectivity index (χ3v) is 3.53. The normalized spacial score (nSPS) is 15.6. The Kier molecular flexibility index (Phi) is 2.82. The molecule has 0 amide bonds. The summed E-state index contributed by atoms with van der Waals surface area (Å²) in [5.41, 5.74) is 1.52. The van der Waals surface area contributed by atoms with E-state index < -0.39 is 0 Å². The van der Waals surface area contributed by atoms with E-state index in [1.807, 2.05) is 6.92 Å². The van der Waals surface area contributed by atoms with Crippen LogP contribution in [0.1, 0.15) is 18.4 Å². The third-order valence-electron chi connectivity index (χ3n) is 3.36. The predicted molar refractivity (Wildman–Crippen MR) is 70.7 cm³/mol. The molecule has 3 rings (SSSR count). The van der Waals surface area contributed by atoms with Gasteiger partial charge in [0, 0.05) is 13.1 Å². The SMILES string of the molecule is Cc1ccc(F)c2c(N3CCCC3)nc(Cl)nc12. The van der Waals surface area contributed by atoms with Gasteiger partial charge in [-0.2, -0.15) is 4.98 Å². The molecule has 1 fully saturated rings. The molecule has 18 heavy (non-hydrogen) atoms. The van der Waals surface area contributed by atoms with Crippen molar-refractivity contribution in [1.82, 2.24) is 9.97 Å². The number of hydrogen-bond acceptors (Lipinski definition) is 3. The van der Waals surface area contributed by atoms with E-state index in [0.29, 0.717) is 16.7 Å². The highest BCUT2D eigenvalue weighted by molar-refractivity contribution is 6.28. The van der Waals surface area contributed by atoms with Crippen LogP contribution in [0.5, 0.6) is 0 Å². The maximum Gasteiger partial charge on any atom is 0.224 e. The number of nitrogens with zero attached hydrogens (tertiary/aromatic N) is 3. The zero-order chi connectivity index (χ0) is 12.7. The fourth-order valence-corrected chi connectivity index (χ4v) is 2.61. The molecule has 0 unspecified atom stereocenters. The first-order chi connectivity index (χ1) is 8.66. The van der Waals surface area contributed by atoms with Gasteiger partial charge in [-0.3, -0.25) is 0 Å². The van der Waals surface area contributed by atoms with Gasteiger partial charge in [0.05, 0.1) is 10.9 Å². The molecule has 0 atom stereocenters. The lowest BCUT2D eigenvalue weighted by Gasteiger charge is -2.19. The van der Waals surface area contributed by atoms with Gasteiger partial charge in [-0.05, 0) is 43.0 Å². The monoisotopic (exact) mass is 265 g/mol. The lowest BCUT2D eigenvalue weighted by atomic mass is 10.1. The molecule has 1 aliphatic rings. The van der Waals surface area contributed by atoms with Crippen LogP contribution in [0.4, 0.5) is 10.2 Å². The number of benzene rings is 1. The van der Waals surface area contributed by atoms with Crippen molar-refractivity contribution in [2.45, 2.75) is 19.8 Å². The average molecular weight is 266 g/mol. The molecule has 0 aliphatic carbocycles. The molecule has 0 saturated carbocycles. The molecule has 0 spiro atoms. The Morgan fingerprint density at radius 3 is 2.67 bits per heavy atom. The largest absolute Gasteiger partial charge is 0.356 e. The van der Waals surface area contributed by atoms with E-state index in [1.54, 1.807) is 6.07 Å². The van der Waals surface area contributed by atoms with Crippen molar-refractivity contribution in [3.8, 4) is 0 Å². The van der Waals surface area contributed by atoms with Gasteiger partial charge in [-0.15, -0.1) is 0 Å². The van der Waals surface area contributed by atoms with Crippen molar-refractivity contribution < 1.29 is 4.39 Å². The molecule has 5 heteroatoms. The second kappa shape index (κ2) is 4.35. The van der Waals surface area contributed by atoms with Crippen LogP contribution in [0.2, 0.25) is 5.28 Å². The highest BCUT2D eigenvalue weighted by atomic mass is 35.5. The van der Waals surface area contributed by atoms with Crippen molar-refractivity contribution in [3.05, 3.63) is 28.8 Å². The van der Waals surface area contributed by atoms with Crippen LogP contribution in [-0.4, -0.2) is 23.1 Å². The number of hydrogen-bond donors (Lipinski definition) is 0. The van der Waals surface area contributed by atoms with Crippen molar-refractivity contribution >= 4 is 28.3 Å². The van der Waals surface area contributed by atoms with Gasteiger partial charge in [-0.25, -0.2) is 9.37 Å². The van der Waals surface area contributed by atoms with Gasteiger partial charge in [0.1, 0.15) is 11.6 Å². The van der Waals surface area contributed by atoms with E-state index >= 15 is 0 Å². The minimum atomic E-state index is -0.283. The van der Waals surface area contributed by atoms with E-state index in [4.69, 9.17) is 11.6 Å². The third kappa shape index (κ3) is 1.81. The smallest absolute Gasteiger partial charge is 0.224 e. The molecule has 2 heterocycles. The first-order valence-electron chi connectivity index (χ1n) is 6.04. The summed E-state index contributed by atoms with van der Waals surface area (Å²) in [7, 11) is 0. The number of fused-ring (bicyclic) bond motifs is 1. The van der Waals surface area contributed by atoms with Crippen LogP contribution in [0.15, 0.2) is 12.1 Å². The zero-order valence-corrected chi connectivity index (χ0v) is 10.8. The van der Waals surface area contributed by atoms with Gasteiger partial charge in [0.2, 0.25) is 5.28 Å². The summed E-state index contributed by atoms with van der Waals surface area (Å²) in [4.78, 5) is 10.5. The Labute approximate surface area is 110 Å². The van der Waals surface area contributed by atoms with E-state index in [1.165, 1.54) is 6.07 Å². The maximum absolute atomic E-state index is 14.1. The number of anilines is 1. The highest BCUT2D eigenvalue weighted by Gasteiger charge is 2.20. The molecule has 1 aliphatic heterocycles. The minimum Gasteiger partial charge on any atom is -0.356 e. The Morgan fingerprint density at radius 1 is 1.22 bits per heavy atom. The lowest BCUT2D eigenvalue weighted by molar-refractivity contribution is 0.638. The summed E-state index contributed by atoms with van der Waals surface area (Å²) in [5, 5.41) is 0.666. The average Bonchev–Trinajstić information content (AvgIpc) is 2.86. The van der Waals surface area contributed by atoms with E-state index in [9.17, 15) is 4.39 Å². The summed E-state index contributed by atoms with van der Waals surface area (Å²) in [6.45, 7) is 3.70. The molecule has 3 nitrogen and oxygen atoms in total. The van der Waals surface area contributed by atoms with Gasteiger partial charge < -0.3 is 4.90 Å². The number of aryl methyl sites for hydroxylation is 1. The summed E-state index contributed by atoms with van der Waals surface area (Å²) >= 11 is 5.96. The Morgan fingerprint density at radius 2 is 1.94 bits per heavy atom.